The highest BCUT2D eigenvalue weighted by molar-refractivity contribution is 7.93. The number of esters is 1. The molecule has 5 aromatic rings. The Morgan fingerprint density at radius 1 is 0.925 bits per heavy atom. The minimum absolute atomic E-state index is 0.0355. The molecule has 5 rings (SSSR count). The highest BCUT2D eigenvalue weighted by Crippen LogP contribution is 2.27. The van der Waals surface area contributed by atoms with Crippen LogP contribution >= 0.6 is 11.6 Å². The van der Waals surface area contributed by atoms with Crippen LogP contribution in [0.3, 0.4) is 0 Å². The molecule has 0 fully saturated rings. The molecular formula is C29H23ClN4O5S. The monoisotopic (exact) mass is 574 g/mol. The molecule has 0 saturated heterocycles. The standard InChI is InChI=1S/C29H23ClN4O5S/c1-39-29(36)25(16-18-9-10-19-5-2-3-6-20(19)15-18)33-28(35)22-12-11-21(30)17-24(22)34-40(37,38)26-8-4-7-23-27(26)32-14-13-31-23/h2-15,17,25,34H,16H2,1H3,(H,33,35). The first kappa shape index (κ1) is 27.0. The van der Waals surface area contributed by atoms with Crippen molar-refractivity contribution in [2.45, 2.75) is 17.4 Å². The molecule has 2 N–H and O–H groups in total. The molecule has 9 nitrogen and oxygen atoms in total. The van der Waals surface area contributed by atoms with Gasteiger partial charge in [0.05, 0.1) is 23.9 Å². The zero-order chi connectivity index (χ0) is 28.3. The molecule has 0 saturated carbocycles. The van der Waals surface area contributed by atoms with Gasteiger partial charge >= 0.3 is 5.97 Å². The number of nitrogens with zero attached hydrogens (tertiary/aromatic N) is 2. The molecule has 0 aliphatic carbocycles. The summed E-state index contributed by atoms with van der Waals surface area (Å²) in [6.45, 7) is 0. The Kier molecular flexibility index (Phi) is 7.63. The third-order valence-corrected chi connectivity index (χ3v) is 7.90. The van der Waals surface area contributed by atoms with Crippen LogP contribution < -0.4 is 10.0 Å². The summed E-state index contributed by atoms with van der Waals surface area (Å²) < 4.78 is 34.2. The highest BCUT2D eigenvalue weighted by Gasteiger charge is 2.26. The molecule has 1 aromatic heterocycles. The fourth-order valence-electron chi connectivity index (χ4n) is 4.35. The number of aromatic nitrogens is 2. The molecule has 1 heterocycles. The summed E-state index contributed by atoms with van der Waals surface area (Å²) in [5, 5.41) is 4.91. The van der Waals surface area contributed by atoms with E-state index < -0.39 is 27.9 Å². The number of amides is 1. The first-order valence-electron chi connectivity index (χ1n) is 12.1. The Bertz CT molecular complexity index is 1860. The Morgan fingerprint density at radius 3 is 2.50 bits per heavy atom. The van der Waals surface area contributed by atoms with Crippen LogP contribution in [-0.4, -0.2) is 43.4 Å². The maximum Gasteiger partial charge on any atom is 0.328 e. The topological polar surface area (TPSA) is 127 Å². The summed E-state index contributed by atoms with van der Waals surface area (Å²) in [5.41, 5.74) is 1.27. The van der Waals surface area contributed by atoms with Crippen molar-refractivity contribution in [2.75, 3.05) is 11.8 Å². The summed E-state index contributed by atoms with van der Waals surface area (Å²) in [6, 6.07) is 21.2. The summed E-state index contributed by atoms with van der Waals surface area (Å²) in [6.07, 6.45) is 3.01. The van der Waals surface area contributed by atoms with E-state index in [1.54, 1.807) is 12.1 Å². The number of anilines is 1. The van der Waals surface area contributed by atoms with Crippen molar-refractivity contribution in [3.63, 3.8) is 0 Å². The summed E-state index contributed by atoms with van der Waals surface area (Å²) in [4.78, 5) is 34.2. The van der Waals surface area contributed by atoms with Gasteiger partial charge in [-0.1, -0.05) is 60.1 Å². The molecule has 202 valence electrons. The first-order valence-corrected chi connectivity index (χ1v) is 14.0. The van der Waals surface area contributed by atoms with Gasteiger partial charge in [0.1, 0.15) is 16.5 Å². The van der Waals surface area contributed by atoms with Gasteiger partial charge in [-0.25, -0.2) is 13.2 Å². The van der Waals surface area contributed by atoms with E-state index in [1.165, 1.54) is 43.8 Å². The van der Waals surface area contributed by atoms with Gasteiger partial charge in [-0.05, 0) is 46.7 Å². The number of hydrogen-bond donors (Lipinski definition) is 2. The Morgan fingerprint density at radius 2 is 1.70 bits per heavy atom. The molecule has 4 aromatic carbocycles. The van der Waals surface area contributed by atoms with Crippen molar-refractivity contribution < 1.29 is 22.7 Å². The minimum Gasteiger partial charge on any atom is -0.467 e. The molecule has 40 heavy (non-hydrogen) atoms. The van der Waals surface area contributed by atoms with Gasteiger partial charge in [0, 0.05) is 23.8 Å². The Hall–Kier alpha value is -4.54. The third-order valence-electron chi connectivity index (χ3n) is 6.27. The number of carbonyl (C=O) groups excluding carboxylic acids is 2. The summed E-state index contributed by atoms with van der Waals surface area (Å²) >= 11 is 6.16. The van der Waals surface area contributed by atoms with Crippen LogP contribution in [-0.2, 0) is 26.0 Å². The molecule has 0 aliphatic heterocycles. The molecule has 0 spiro atoms. The quantitative estimate of drug-likeness (QED) is 0.256. The van der Waals surface area contributed by atoms with Crippen molar-refractivity contribution in [3.8, 4) is 0 Å². The second-order valence-corrected chi connectivity index (χ2v) is 11.0. The van der Waals surface area contributed by atoms with Gasteiger partial charge < -0.3 is 10.1 Å². The first-order chi connectivity index (χ1) is 19.2. The predicted octanol–water partition coefficient (Wildman–Crippen LogP) is 4.75. The Balaban J connectivity index is 1.44. The number of ether oxygens (including phenoxy) is 1. The predicted molar refractivity (Wildman–Crippen MR) is 153 cm³/mol. The van der Waals surface area contributed by atoms with E-state index in [0.29, 0.717) is 5.52 Å². The summed E-state index contributed by atoms with van der Waals surface area (Å²) in [5.74, 6) is -1.34. The van der Waals surface area contributed by atoms with Gasteiger partial charge in [0.25, 0.3) is 15.9 Å². The van der Waals surface area contributed by atoms with Crippen LogP contribution in [0.15, 0.2) is 96.2 Å². The van der Waals surface area contributed by atoms with Gasteiger partial charge in [0.2, 0.25) is 0 Å². The van der Waals surface area contributed by atoms with Crippen molar-refractivity contribution in [3.05, 3.63) is 107 Å². The molecule has 0 bridgehead atoms. The third kappa shape index (κ3) is 5.73. The van der Waals surface area contributed by atoms with Crippen LogP contribution in [0.4, 0.5) is 5.69 Å². The molecule has 1 unspecified atom stereocenters. The number of methoxy groups -OCH3 is 1. The number of rotatable bonds is 8. The normalized spacial score (nSPS) is 12.2. The van der Waals surface area contributed by atoms with E-state index in [0.717, 1.165) is 16.3 Å². The van der Waals surface area contributed by atoms with E-state index in [4.69, 9.17) is 16.3 Å². The number of halogens is 1. The largest absolute Gasteiger partial charge is 0.467 e. The molecule has 1 atom stereocenters. The van der Waals surface area contributed by atoms with Crippen LogP contribution in [0.25, 0.3) is 21.8 Å². The average molecular weight is 575 g/mol. The second kappa shape index (κ2) is 11.3. The lowest BCUT2D eigenvalue weighted by atomic mass is 10.0. The minimum atomic E-state index is -4.21. The fourth-order valence-corrected chi connectivity index (χ4v) is 5.76. The molecule has 0 radical (unpaired) electrons. The van der Waals surface area contributed by atoms with E-state index in [2.05, 4.69) is 20.0 Å². The van der Waals surface area contributed by atoms with E-state index >= 15 is 0 Å². The van der Waals surface area contributed by atoms with Gasteiger partial charge in [-0.3, -0.25) is 19.5 Å². The van der Waals surface area contributed by atoms with Crippen molar-refractivity contribution in [1.29, 1.82) is 0 Å². The summed E-state index contributed by atoms with van der Waals surface area (Å²) in [7, 11) is -2.98. The number of para-hydroxylation sites is 1. The fraction of sp³-hybridized carbons (Fsp3) is 0.103. The van der Waals surface area contributed by atoms with Crippen molar-refractivity contribution in [1.82, 2.24) is 15.3 Å². The van der Waals surface area contributed by atoms with E-state index in [9.17, 15) is 18.0 Å². The van der Waals surface area contributed by atoms with Gasteiger partial charge in [0.15, 0.2) is 0 Å². The van der Waals surface area contributed by atoms with Crippen LogP contribution in [0.5, 0.6) is 0 Å². The van der Waals surface area contributed by atoms with Crippen molar-refractivity contribution in [2.24, 2.45) is 0 Å². The highest BCUT2D eigenvalue weighted by atomic mass is 35.5. The maximum atomic E-state index is 13.4. The zero-order valence-corrected chi connectivity index (χ0v) is 22.7. The van der Waals surface area contributed by atoms with Crippen molar-refractivity contribution >= 4 is 61.0 Å². The molecule has 11 heteroatoms. The van der Waals surface area contributed by atoms with Crippen LogP contribution in [0, 0.1) is 0 Å². The number of nitrogens with one attached hydrogen (secondary N) is 2. The second-order valence-electron chi connectivity index (χ2n) is 8.91. The average Bonchev–Trinajstić information content (AvgIpc) is 2.95. The maximum absolute atomic E-state index is 13.4. The molecule has 0 aliphatic rings. The molecule has 1 amide bonds. The van der Waals surface area contributed by atoms with Crippen LogP contribution in [0.1, 0.15) is 15.9 Å². The number of fused-ring (bicyclic) bond motifs is 2. The van der Waals surface area contributed by atoms with Gasteiger partial charge in [-0.15, -0.1) is 0 Å². The van der Waals surface area contributed by atoms with Crippen LogP contribution in [0.2, 0.25) is 5.02 Å². The smallest absolute Gasteiger partial charge is 0.328 e. The lowest BCUT2D eigenvalue weighted by molar-refractivity contribution is -0.142. The number of carbonyl (C=O) groups is 2. The zero-order valence-electron chi connectivity index (χ0n) is 21.2. The van der Waals surface area contributed by atoms with E-state index in [-0.39, 0.29) is 33.1 Å². The number of sulfonamides is 1. The number of benzene rings is 4. The van der Waals surface area contributed by atoms with Gasteiger partial charge in [-0.2, -0.15) is 0 Å². The SMILES string of the molecule is COC(=O)C(Cc1ccc2ccccc2c1)NC(=O)c1ccc(Cl)cc1NS(=O)(=O)c1cccc2nccnc12. The number of hydrogen-bond acceptors (Lipinski definition) is 7. The molecular weight excluding hydrogens is 552 g/mol. The van der Waals surface area contributed by atoms with E-state index in [1.807, 2.05) is 42.5 Å². The lowest BCUT2D eigenvalue weighted by Crippen LogP contribution is -2.43. The lowest BCUT2D eigenvalue weighted by Gasteiger charge is -2.19. The Labute approximate surface area is 235 Å².